The third-order valence-electron chi connectivity index (χ3n) is 3.20. The van der Waals surface area contributed by atoms with Crippen LogP contribution in [0.3, 0.4) is 0 Å². The van der Waals surface area contributed by atoms with Crippen molar-refractivity contribution in [1.82, 2.24) is 14.5 Å². The number of nitrogens with zero attached hydrogens (tertiary/aromatic N) is 3. The van der Waals surface area contributed by atoms with E-state index in [9.17, 15) is 4.39 Å². The molecule has 2 heterocycles. The molecule has 2 N–H and O–H groups in total. The maximum Gasteiger partial charge on any atom is 0.160 e. The number of pyridine rings is 1. The summed E-state index contributed by atoms with van der Waals surface area (Å²) in [6, 6.07) is 8.47. The predicted molar refractivity (Wildman–Crippen MR) is 77.7 cm³/mol. The third-order valence-corrected chi connectivity index (χ3v) is 3.20. The Hall–Kier alpha value is -2.43. The summed E-state index contributed by atoms with van der Waals surface area (Å²) in [7, 11) is 0. The van der Waals surface area contributed by atoms with Crippen LogP contribution in [0.15, 0.2) is 36.5 Å². The summed E-state index contributed by atoms with van der Waals surface area (Å²) in [6.07, 6.45) is 1.71. The van der Waals surface area contributed by atoms with Gasteiger partial charge in [-0.15, -0.1) is 0 Å². The van der Waals surface area contributed by atoms with Crippen LogP contribution in [0.25, 0.3) is 22.6 Å². The number of halogens is 1. The third kappa shape index (κ3) is 1.91. The number of hydrogen-bond donors (Lipinski definition) is 1. The average Bonchev–Trinajstić information content (AvgIpc) is 2.77. The zero-order valence-electron chi connectivity index (χ0n) is 11.3. The monoisotopic (exact) mass is 270 g/mol. The van der Waals surface area contributed by atoms with Crippen molar-refractivity contribution in [3.8, 4) is 11.4 Å². The number of fused-ring (bicyclic) bond motifs is 1. The number of nitrogen functional groups attached to an aromatic ring is 1. The van der Waals surface area contributed by atoms with Crippen molar-refractivity contribution >= 4 is 16.9 Å². The van der Waals surface area contributed by atoms with E-state index in [0.717, 1.165) is 11.2 Å². The van der Waals surface area contributed by atoms with Crippen molar-refractivity contribution in [2.24, 2.45) is 0 Å². The van der Waals surface area contributed by atoms with Crippen LogP contribution < -0.4 is 5.73 Å². The summed E-state index contributed by atoms with van der Waals surface area (Å²) in [5.41, 5.74) is 7.95. The van der Waals surface area contributed by atoms with E-state index in [2.05, 4.69) is 9.97 Å². The van der Waals surface area contributed by atoms with Gasteiger partial charge in [-0.2, -0.15) is 0 Å². The van der Waals surface area contributed by atoms with E-state index in [1.807, 2.05) is 30.5 Å². The first-order chi connectivity index (χ1) is 9.58. The average molecular weight is 270 g/mol. The first-order valence-electron chi connectivity index (χ1n) is 6.46. The quantitative estimate of drug-likeness (QED) is 0.726. The van der Waals surface area contributed by atoms with Crippen molar-refractivity contribution in [2.75, 3.05) is 5.73 Å². The highest BCUT2D eigenvalue weighted by molar-refractivity contribution is 5.77. The highest BCUT2D eigenvalue weighted by atomic mass is 19.1. The van der Waals surface area contributed by atoms with Gasteiger partial charge < -0.3 is 10.3 Å². The zero-order chi connectivity index (χ0) is 14.3. The number of benzene rings is 1. The van der Waals surface area contributed by atoms with Gasteiger partial charge in [0.2, 0.25) is 0 Å². The smallest absolute Gasteiger partial charge is 0.160 e. The fourth-order valence-electron chi connectivity index (χ4n) is 2.32. The normalized spacial score (nSPS) is 11.4. The standard InChI is InChI=1S/C15H15FN4/c1-9(2)20-14(11-6-5-10(17)8-12(11)16)19-13-4-3-7-18-15(13)20/h3-9H,17H2,1-2H3. The van der Waals surface area contributed by atoms with Gasteiger partial charge in [0.15, 0.2) is 5.65 Å². The SMILES string of the molecule is CC(C)n1c(-c2ccc(N)cc2F)nc2cccnc21. The van der Waals surface area contributed by atoms with Crippen LogP contribution in [0.1, 0.15) is 19.9 Å². The Labute approximate surface area is 116 Å². The molecule has 3 rings (SSSR count). The van der Waals surface area contributed by atoms with Gasteiger partial charge in [0.25, 0.3) is 0 Å². The van der Waals surface area contributed by atoms with Gasteiger partial charge in [0.1, 0.15) is 17.2 Å². The minimum atomic E-state index is -0.373. The number of rotatable bonds is 2. The van der Waals surface area contributed by atoms with Crippen LogP contribution in [0, 0.1) is 5.82 Å². The predicted octanol–water partition coefficient (Wildman–Crippen LogP) is 3.40. The van der Waals surface area contributed by atoms with E-state index in [1.54, 1.807) is 18.3 Å². The van der Waals surface area contributed by atoms with E-state index in [-0.39, 0.29) is 11.9 Å². The molecule has 0 aliphatic rings. The second kappa shape index (κ2) is 4.59. The van der Waals surface area contributed by atoms with Crippen molar-refractivity contribution in [3.63, 3.8) is 0 Å². The molecular weight excluding hydrogens is 255 g/mol. The van der Waals surface area contributed by atoms with E-state index < -0.39 is 0 Å². The van der Waals surface area contributed by atoms with Crippen LogP contribution in [-0.2, 0) is 0 Å². The Kier molecular flexibility index (Phi) is 2.89. The molecule has 0 aliphatic carbocycles. The van der Waals surface area contributed by atoms with E-state index in [4.69, 9.17) is 5.73 Å². The lowest BCUT2D eigenvalue weighted by molar-refractivity contribution is 0.605. The van der Waals surface area contributed by atoms with Gasteiger partial charge in [-0.05, 0) is 44.2 Å². The summed E-state index contributed by atoms with van der Waals surface area (Å²) < 4.78 is 16.1. The van der Waals surface area contributed by atoms with Gasteiger partial charge in [-0.25, -0.2) is 14.4 Å². The molecule has 2 aromatic heterocycles. The van der Waals surface area contributed by atoms with E-state index in [1.165, 1.54) is 6.07 Å². The van der Waals surface area contributed by atoms with E-state index in [0.29, 0.717) is 17.1 Å². The lowest BCUT2D eigenvalue weighted by atomic mass is 10.1. The van der Waals surface area contributed by atoms with Crippen LogP contribution in [-0.4, -0.2) is 14.5 Å². The number of hydrogen-bond acceptors (Lipinski definition) is 3. The Balaban J connectivity index is 2.32. The summed E-state index contributed by atoms with van der Waals surface area (Å²) in [5.74, 6) is 0.202. The Morgan fingerprint density at radius 3 is 2.75 bits per heavy atom. The van der Waals surface area contributed by atoms with Crippen molar-refractivity contribution in [3.05, 3.63) is 42.3 Å². The topological polar surface area (TPSA) is 56.7 Å². The molecule has 5 heteroatoms. The first-order valence-corrected chi connectivity index (χ1v) is 6.46. The molecule has 0 saturated heterocycles. The molecule has 0 unspecified atom stereocenters. The molecule has 20 heavy (non-hydrogen) atoms. The molecule has 4 nitrogen and oxygen atoms in total. The number of nitrogens with two attached hydrogens (primary N) is 1. The fraction of sp³-hybridized carbons (Fsp3) is 0.200. The lowest BCUT2D eigenvalue weighted by Crippen LogP contribution is -2.05. The van der Waals surface area contributed by atoms with Crippen LogP contribution in [0.5, 0.6) is 0 Å². The number of aromatic nitrogens is 3. The largest absolute Gasteiger partial charge is 0.399 e. The van der Waals surface area contributed by atoms with E-state index >= 15 is 0 Å². The molecular formula is C15H15FN4. The van der Waals surface area contributed by atoms with Gasteiger partial charge >= 0.3 is 0 Å². The van der Waals surface area contributed by atoms with Crippen LogP contribution in [0.2, 0.25) is 0 Å². The Morgan fingerprint density at radius 2 is 2.05 bits per heavy atom. The summed E-state index contributed by atoms with van der Waals surface area (Å²) in [4.78, 5) is 8.86. The summed E-state index contributed by atoms with van der Waals surface area (Å²) in [5, 5.41) is 0. The highest BCUT2D eigenvalue weighted by Gasteiger charge is 2.18. The summed E-state index contributed by atoms with van der Waals surface area (Å²) >= 11 is 0. The highest BCUT2D eigenvalue weighted by Crippen LogP contribution is 2.29. The molecule has 0 bridgehead atoms. The molecule has 0 fully saturated rings. The van der Waals surface area contributed by atoms with Crippen molar-refractivity contribution < 1.29 is 4.39 Å². The van der Waals surface area contributed by atoms with Gasteiger partial charge in [-0.3, -0.25) is 0 Å². The van der Waals surface area contributed by atoms with Gasteiger partial charge in [0.05, 0.1) is 5.56 Å². The minimum absolute atomic E-state index is 0.127. The molecule has 0 aliphatic heterocycles. The second-order valence-electron chi connectivity index (χ2n) is 4.98. The summed E-state index contributed by atoms with van der Waals surface area (Å²) in [6.45, 7) is 4.04. The molecule has 0 radical (unpaired) electrons. The maximum absolute atomic E-state index is 14.2. The Bertz CT molecular complexity index is 777. The molecule has 0 amide bonds. The molecule has 0 spiro atoms. The van der Waals surface area contributed by atoms with Crippen LogP contribution >= 0.6 is 0 Å². The molecule has 0 saturated carbocycles. The Morgan fingerprint density at radius 1 is 1.25 bits per heavy atom. The lowest BCUT2D eigenvalue weighted by Gasteiger charge is -2.13. The van der Waals surface area contributed by atoms with Crippen molar-refractivity contribution in [2.45, 2.75) is 19.9 Å². The number of anilines is 1. The minimum Gasteiger partial charge on any atom is -0.399 e. The van der Waals surface area contributed by atoms with Gasteiger partial charge in [0, 0.05) is 17.9 Å². The first kappa shape index (κ1) is 12.6. The molecule has 3 aromatic rings. The van der Waals surface area contributed by atoms with Crippen molar-refractivity contribution in [1.29, 1.82) is 0 Å². The fourth-order valence-corrected chi connectivity index (χ4v) is 2.32. The second-order valence-corrected chi connectivity index (χ2v) is 4.98. The van der Waals surface area contributed by atoms with Crippen LogP contribution in [0.4, 0.5) is 10.1 Å². The maximum atomic E-state index is 14.2. The molecule has 0 atom stereocenters. The number of imidazole rings is 1. The van der Waals surface area contributed by atoms with Gasteiger partial charge in [-0.1, -0.05) is 0 Å². The molecule has 102 valence electrons. The molecule has 1 aromatic carbocycles. The zero-order valence-corrected chi connectivity index (χ0v) is 11.3.